The van der Waals surface area contributed by atoms with Crippen LogP contribution >= 0.6 is 0 Å². The minimum Gasteiger partial charge on any atom is -0.378 e. The van der Waals surface area contributed by atoms with E-state index in [1.54, 1.807) is 19.9 Å². The Hall–Kier alpha value is -3.36. The first-order valence-corrected chi connectivity index (χ1v) is 10.0. The summed E-state index contributed by atoms with van der Waals surface area (Å²) < 4.78 is 41.3. The van der Waals surface area contributed by atoms with Crippen molar-refractivity contribution < 1.29 is 18.0 Å². The summed E-state index contributed by atoms with van der Waals surface area (Å²) in [5.74, 6) is -0.567. The molecule has 0 aliphatic rings. The molecule has 1 heterocycles. The first kappa shape index (κ1) is 23.3. The minimum atomic E-state index is -4.93. The quantitative estimate of drug-likeness (QED) is 0.644. The summed E-state index contributed by atoms with van der Waals surface area (Å²) >= 11 is 0. The van der Waals surface area contributed by atoms with Gasteiger partial charge in [-0.05, 0) is 61.7 Å². The fourth-order valence-electron chi connectivity index (χ4n) is 3.40. The summed E-state index contributed by atoms with van der Waals surface area (Å²) in [6, 6.07) is 9.40. The summed E-state index contributed by atoms with van der Waals surface area (Å²) in [5.41, 5.74) is 0.656. The van der Waals surface area contributed by atoms with Crippen molar-refractivity contribution in [2.75, 3.05) is 19.0 Å². The largest absolute Gasteiger partial charge is 0.438 e. The number of aryl methyl sites for hydroxylation is 2. The molecule has 170 valence electrons. The maximum atomic E-state index is 13.5. The molecule has 1 amide bonds. The van der Waals surface area contributed by atoms with Crippen LogP contribution in [0.3, 0.4) is 0 Å². The van der Waals surface area contributed by atoms with Crippen LogP contribution in [0, 0.1) is 13.8 Å². The van der Waals surface area contributed by atoms with E-state index in [0.29, 0.717) is 0 Å². The van der Waals surface area contributed by atoms with Crippen molar-refractivity contribution in [3.05, 3.63) is 69.1 Å². The molecular weight excluding hydrogens is 421 g/mol. The zero-order valence-corrected chi connectivity index (χ0v) is 18.5. The number of hydrogen-bond acceptors (Lipinski definition) is 4. The predicted octanol–water partition coefficient (Wildman–Crippen LogP) is 3.98. The second-order valence-corrected chi connectivity index (χ2v) is 8.01. The smallest absolute Gasteiger partial charge is 0.378 e. The van der Waals surface area contributed by atoms with Crippen molar-refractivity contribution in [2.24, 2.45) is 0 Å². The zero-order chi connectivity index (χ0) is 23.8. The first-order chi connectivity index (χ1) is 14.9. The lowest BCUT2D eigenvalue weighted by atomic mass is 10.1. The molecular formula is C23H25F3N4O2. The van der Waals surface area contributed by atoms with Crippen molar-refractivity contribution in [3.63, 3.8) is 0 Å². The average molecular weight is 446 g/mol. The van der Waals surface area contributed by atoms with Crippen molar-refractivity contribution >= 4 is 22.6 Å². The number of nitrogens with one attached hydrogen (secondary N) is 1. The van der Waals surface area contributed by atoms with Crippen LogP contribution in [0.2, 0.25) is 0 Å². The van der Waals surface area contributed by atoms with Crippen LogP contribution in [0.1, 0.15) is 35.3 Å². The lowest BCUT2D eigenvalue weighted by Crippen LogP contribution is -2.39. The third-order valence-corrected chi connectivity index (χ3v) is 5.46. The van der Waals surface area contributed by atoms with Crippen LogP contribution in [0.5, 0.6) is 0 Å². The number of amides is 1. The second-order valence-electron chi connectivity index (χ2n) is 8.01. The fourth-order valence-corrected chi connectivity index (χ4v) is 3.40. The van der Waals surface area contributed by atoms with Crippen LogP contribution < -0.4 is 15.8 Å². The number of benzene rings is 2. The second kappa shape index (κ2) is 8.64. The van der Waals surface area contributed by atoms with E-state index in [1.165, 1.54) is 13.0 Å². The number of aromatic nitrogens is 2. The number of carbonyl (C=O) groups excluding carboxylic acids is 1. The standard InChI is InChI=1S/C23H25F3N4O2/c1-13-10-18-19(11-14(13)2)30(22(32)20(28-18)23(24,25)26)15(3)21(31)27-12-16-6-8-17(9-7-16)29(4)5/h6-11,15H,12H2,1-5H3,(H,27,31)/t15-/m1/s1. The molecule has 2 aromatic carbocycles. The monoisotopic (exact) mass is 446 g/mol. The topological polar surface area (TPSA) is 67.2 Å². The lowest BCUT2D eigenvalue weighted by molar-refractivity contribution is -0.142. The van der Waals surface area contributed by atoms with Gasteiger partial charge in [-0.2, -0.15) is 13.2 Å². The molecule has 0 bridgehead atoms. The number of anilines is 1. The van der Waals surface area contributed by atoms with Gasteiger partial charge in [-0.3, -0.25) is 14.2 Å². The molecule has 0 aliphatic heterocycles. The molecule has 0 spiro atoms. The number of carbonyl (C=O) groups is 1. The normalized spacial score (nSPS) is 12.6. The fraction of sp³-hybridized carbons (Fsp3) is 0.348. The van der Waals surface area contributed by atoms with Gasteiger partial charge >= 0.3 is 6.18 Å². The van der Waals surface area contributed by atoms with Gasteiger partial charge in [0, 0.05) is 26.3 Å². The Bertz CT molecular complexity index is 1220. The zero-order valence-electron chi connectivity index (χ0n) is 18.5. The Morgan fingerprint density at radius 1 is 1.12 bits per heavy atom. The SMILES string of the molecule is Cc1cc2nc(C(F)(F)F)c(=O)n([C@H](C)C(=O)NCc3ccc(N(C)C)cc3)c2cc1C. The Kier molecular flexibility index (Phi) is 6.29. The molecule has 32 heavy (non-hydrogen) atoms. The molecule has 1 atom stereocenters. The summed E-state index contributed by atoms with van der Waals surface area (Å²) in [4.78, 5) is 31.1. The predicted molar refractivity (Wildman–Crippen MR) is 118 cm³/mol. The van der Waals surface area contributed by atoms with Gasteiger partial charge in [0.25, 0.3) is 5.56 Å². The van der Waals surface area contributed by atoms with Gasteiger partial charge < -0.3 is 10.2 Å². The van der Waals surface area contributed by atoms with Gasteiger partial charge in [0.15, 0.2) is 0 Å². The van der Waals surface area contributed by atoms with E-state index in [0.717, 1.165) is 26.9 Å². The van der Waals surface area contributed by atoms with Crippen LogP contribution in [0.4, 0.5) is 18.9 Å². The van der Waals surface area contributed by atoms with Gasteiger partial charge in [-0.15, -0.1) is 0 Å². The van der Waals surface area contributed by atoms with Crippen molar-refractivity contribution in [1.29, 1.82) is 0 Å². The van der Waals surface area contributed by atoms with E-state index < -0.39 is 29.4 Å². The number of nitrogens with zero attached hydrogens (tertiary/aromatic N) is 3. The molecule has 3 aromatic rings. The van der Waals surface area contributed by atoms with Gasteiger partial charge in [0.1, 0.15) is 6.04 Å². The highest BCUT2D eigenvalue weighted by Gasteiger charge is 2.38. The highest BCUT2D eigenvalue weighted by Crippen LogP contribution is 2.28. The van der Waals surface area contributed by atoms with Crippen molar-refractivity contribution in [3.8, 4) is 0 Å². The molecule has 0 radical (unpaired) electrons. The summed E-state index contributed by atoms with van der Waals surface area (Å²) in [6.07, 6.45) is -4.93. The van der Waals surface area contributed by atoms with Gasteiger partial charge in [-0.25, -0.2) is 4.98 Å². The molecule has 9 heteroatoms. The summed E-state index contributed by atoms with van der Waals surface area (Å²) in [6.45, 7) is 5.11. The lowest BCUT2D eigenvalue weighted by Gasteiger charge is -2.20. The molecule has 0 aliphatic carbocycles. The van der Waals surface area contributed by atoms with E-state index in [9.17, 15) is 22.8 Å². The number of halogens is 3. The maximum absolute atomic E-state index is 13.5. The van der Waals surface area contributed by atoms with Crippen LogP contribution in [0.25, 0.3) is 11.0 Å². The number of alkyl halides is 3. The molecule has 3 rings (SSSR count). The molecule has 1 aromatic heterocycles. The van der Waals surface area contributed by atoms with E-state index in [4.69, 9.17) is 0 Å². The third kappa shape index (κ3) is 4.61. The Morgan fingerprint density at radius 2 is 1.72 bits per heavy atom. The van der Waals surface area contributed by atoms with Gasteiger partial charge in [0.2, 0.25) is 11.6 Å². The molecule has 0 unspecified atom stereocenters. The Morgan fingerprint density at radius 3 is 2.28 bits per heavy atom. The Balaban J connectivity index is 1.97. The number of hydrogen-bond donors (Lipinski definition) is 1. The molecule has 0 fully saturated rings. The van der Waals surface area contributed by atoms with Crippen LogP contribution in [-0.4, -0.2) is 29.6 Å². The molecule has 1 N–H and O–H groups in total. The van der Waals surface area contributed by atoms with E-state index in [2.05, 4.69) is 10.3 Å². The molecule has 6 nitrogen and oxygen atoms in total. The molecule has 0 saturated carbocycles. The van der Waals surface area contributed by atoms with Gasteiger partial charge in [0.05, 0.1) is 11.0 Å². The first-order valence-electron chi connectivity index (χ1n) is 10.0. The van der Waals surface area contributed by atoms with Crippen molar-refractivity contribution in [1.82, 2.24) is 14.9 Å². The van der Waals surface area contributed by atoms with E-state index in [1.807, 2.05) is 43.3 Å². The minimum absolute atomic E-state index is 0.0129. The highest BCUT2D eigenvalue weighted by atomic mass is 19.4. The van der Waals surface area contributed by atoms with E-state index in [-0.39, 0.29) is 17.6 Å². The van der Waals surface area contributed by atoms with Gasteiger partial charge in [-0.1, -0.05) is 12.1 Å². The van der Waals surface area contributed by atoms with Crippen LogP contribution in [0.15, 0.2) is 41.2 Å². The maximum Gasteiger partial charge on any atom is 0.438 e. The van der Waals surface area contributed by atoms with Crippen molar-refractivity contribution in [2.45, 2.75) is 39.5 Å². The molecule has 0 saturated heterocycles. The van der Waals surface area contributed by atoms with E-state index >= 15 is 0 Å². The summed E-state index contributed by atoms with van der Waals surface area (Å²) in [7, 11) is 3.82. The number of fused-ring (bicyclic) bond motifs is 1. The van der Waals surface area contributed by atoms with Crippen LogP contribution in [-0.2, 0) is 17.5 Å². The number of rotatable bonds is 5. The highest BCUT2D eigenvalue weighted by molar-refractivity contribution is 5.84. The third-order valence-electron chi connectivity index (χ3n) is 5.46. The average Bonchev–Trinajstić information content (AvgIpc) is 2.72. The summed E-state index contributed by atoms with van der Waals surface area (Å²) in [5, 5.41) is 2.71. The Labute approximate surface area is 183 Å².